The van der Waals surface area contributed by atoms with Crippen LogP contribution in [0.5, 0.6) is 0 Å². The molecule has 0 amide bonds. The molecule has 1 atom stereocenters. The van der Waals surface area contributed by atoms with E-state index >= 15 is 0 Å². The van der Waals surface area contributed by atoms with Crippen LogP contribution < -0.4 is 5.32 Å². The van der Waals surface area contributed by atoms with Gasteiger partial charge in [-0.05, 0) is 25.9 Å². The lowest BCUT2D eigenvalue weighted by Gasteiger charge is -2.25. The first-order valence-electron chi connectivity index (χ1n) is 4.90. The van der Waals surface area contributed by atoms with Gasteiger partial charge in [0.05, 0.1) is 6.54 Å². The molecular weight excluding hydrogens is 168 g/mol. The van der Waals surface area contributed by atoms with Crippen molar-refractivity contribution in [3.63, 3.8) is 0 Å². The molecule has 0 radical (unpaired) electrons. The van der Waals surface area contributed by atoms with E-state index in [4.69, 9.17) is 5.11 Å². The van der Waals surface area contributed by atoms with Gasteiger partial charge in [0.2, 0.25) is 0 Å². The topological polar surface area (TPSA) is 52.6 Å². The van der Waals surface area contributed by atoms with Crippen molar-refractivity contribution in [2.75, 3.05) is 26.2 Å². The Morgan fingerprint density at radius 1 is 1.69 bits per heavy atom. The second kappa shape index (κ2) is 5.19. The summed E-state index contributed by atoms with van der Waals surface area (Å²) in [5.74, 6) is -0.722. The smallest absolute Gasteiger partial charge is 0.317 e. The summed E-state index contributed by atoms with van der Waals surface area (Å²) in [4.78, 5) is 12.6. The molecule has 0 saturated carbocycles. The molecule has 1 aliphatic heterocycles. The summed E-state index contributed by atoms with van der Waals surface area (Å²) in [5, 5.41) is 12.0. The van der Waals surface area contributed by atoms with Crippen LogP contribution in [0.1, 0.15) is 19.8 Å². The molecule has 1 rings (SSSR count). The van der Waals surface area contributed by atoms with Crippen LogP contribution in [0.15, 0.2) is 0 Å². The van der Waals surface area contributed by atoms with E-state index in [1.807, 2.05) is 0 Å². The quantitative estimate of drug-likeness (QED) is 0.641. The molecule has 4 heteroatoms. The largest absolute Gasteiger partial charge is 0.480 e. The minimum Gasteiger partial charge on any atom is -0.480 e. The highest BCUT2D eigenvalue weighted by Gasteiger charge is 2.22. The zero-order chi connectivity index (χ0) is 9.68. The van der Waals surface area contributed by atoms with E-state index in [1.165, 1.54) is 0 Å². The lowest BCUT2D eigenvalue weighted by molar-refractivity contribution is -0.138. The van der Waals surface area contributed by atoms with Crippen LogP contribution in [-0.2, 0) is 4.79 Å². The first-order chi connectivity index (χ1) is 6.24. The van der Waals surface area contributed by atoms with Gasteiger partial charge in [-0.2, -0.15) is 0 Å². The number of hydrogen-bond acceptors (Lipinski definition) is 3. The van der Waals surface area contributed by atoms with Gasteiger partial charge < -0.3 is 10.4 Å². The monoisotopic (exact) mass is 186 g/mol. The number of carboxylic acid groups (broad SMARTS) is 1. The third-order valence-electron chi connectivity index (χ3n) is 2.40. The van der Waals surface area contributed by atoms with Crippen molar-refractivity contribution in [3.8, 4) is 0 Å². The number of rotatable bonds is 5. The average Bonchev–Trinajstić information content (AvgIpc) is 2.54. The van der Waals surface area contributed by atoms with Gasteiger partial charge in [-0.15, -0.1) is 0 Å². The fraction of sp³-hybridized carbons (Fsp3) is 0.889. The maximum absolute atomic E-state index is 10.6. The van der Waals surface area contributed by atoms with Gasteiger partial charge >= 0.3 is 5.97 Å². The van der Waals surface area contributed by atoms with Crippen molar-refractivity contribution in [2.45, 2.75) is 25.8 Å². The molecule has 1 unspecified atom stereocenters. The summed E-state index contributed by atoms with van der Waals surface area (Å²) >= 11 is 0. The summed E-state index contributed by atoms with van der Waals surface area (Å²) < 4.78 is 0. The zero-order valence-electron chi connectivity index (χ0n) is 8.12. The fourth-order valence-corrected chi connectivity index (χ4v) is 1.80. The third-order valence-corrected chi connectivity index (χ3v) is 2.40. The summed E-state index contributed by atoms with van der Waals surface area (Å²) in [5.41, 5.74) is 0. The van der Waals surface area contributed by atoms with E-state index in [9.17, 15) is 4.79 Å². The maximum Gasteiger partial charge on any atom is 0.317 e. The van der Waals surface area contributed by atoms with Gasteiger partial charge in [0.25, 0.3) is 0 Å². The summed E-state index contributed by atoms with van der Waals surface area (Å²) in [6, 6.07) is 0.427. The number of aliphatic carboxylic acids is 1. The van der Waals surface area contributed by atoms with E-state index in [-0.39, 0.29) is 6.54 Å². The number of nitrogens with one attached hydrogen (secondary N) is 1. The van der Waals surface area contributed by atoms with Crippen molar-refractivity contribution in [2.24, 2.45) is 0 Å². The maximum atomic E-state index is 10.6. The Kier molecular flexibility index (Phi) is 4.18. The van der Waals surface area contributed by atoms with E-state index in [1.54, 1.807) is 0 Å². The molecule has 0 aromatic heterocycles. The summed E-state index contributed by atoms with van der Waals surface area (Å²) in [6.07, 6.45) is 2.09. The van der Waals surface area contributed by atoms with Gasteiger partial charge in [-0.1, -0.05) is 6.92 Å². The zero-order valence-corrected chi connectivity index (χ0v) is 8.12. The molecule has 1 fully saturated rings. The normalized spacial score (nSPS) is 22.5. The van der Waals surface area contributed by atoms with Crippen LogP contribution in [0.3, 0.4) is 0 Å². The Bertz CT molecular complexity index is 167. The summed E-state index contributed by atoms with van der Waals surface area (Å²) in [6.45, 7) is 5.11. The number of carbonyl (C=O) groups is 1. The van der Waals surface area contributed by atoms with Crippen molar-refractivity contribution >= 4 is 5.97 Å². The molecule has 1 heterocycles. The van der Waals surface area contributed by atoms with Crippen molar-refractivity contribution in [1.82, 2.24) is 10.2 Å². The molecule has 0 spiro atoms. The van der Waals surface area contributed by atoms with E-state index in [0.717, 1.165) is 32.5 Å². The minimum atomic E-state index is -0.722. The molecule has 0 aliphatic carbocycles. The van der Waals surface area contributed by atoms with Gasteiger partial charge in [0, 0.05) is 12.6 Å². The second-order valence-electron chi connectivity index (χ2n) is 3.51. The summed E-state index contributed by atoms with van der Waals surface area (Å²) in [7, 11) is 0. The van der Waals surface area contributed by atoms with Gasteiger partial charge in [0.15, 0.2) is 0 Å². The molecule has 2 N–H and O–H groups in total. The molecule has 1 saturated heterocycles. The molecular formula is C9H18N2O2. The van der Waals surface area contributed by atoms with Crippen molar-refractivity contribution < 1.29 is 9.90 Å². The minimum absolute atomic E-state index is 0.181. The second-order valence-corrected chi connectivity index (χ2v) is 3.51. The van der Waals surface area contributed by atoms with Crippen molar-refractivity contribution in [3.05, 3.63) is 0 Å². The van der Waals surface area contributed by atoms with Crippen LogP contribution >= 0.6 is 0 Å². The number of nitrogens with zero attached hydrogens (tertiary/aromatic N) is 1. The van der Waals surface area contributed by atoms with E-state index in [0.29, 0.717) is 6.04 Å². The lowest BCUT2D eigenvalue weighted by atomic mass is 10.2. The standard InChI is InChI=1S/C9H18N2O2/c1-2-5-11(7-9(12)13)8-3-4-10-6-8/h8,10H,2-7H2,1H3,(H,12,13). The van der Waals surface area contributed by atoms with Crippen LogP contribution in [0, 0.1) is 0 Å². The van der Waals surface area contributed by atoms with Crippen LogP contribution in [-0.4, -0.2) is 48.2 Å². The first-order valence-corrected chi connectivity index (χ1v) is 4.90. The highest BCUT2D eigenvalue weighted by molar-refractivity contribution is 5.69. The van der Waals surface area contributed by atoms with Crippen molar-refractivity contribution in [1.29, 1.82) is 0 Å². The molecule has 1 aliphatic rings. The molecule has 0 aromatic rings. The number of hydrogen-bond donors (Lipinski definition) is 2. The molecule has 4 nitrogen and oxygen atoms in total. The first kappa shape index (κ1) is 10.5. The Labute approximate surface area is 78.9 Å². The highest BCUT2D eigenvalue weighted by Crippen LogP contribution is 2.08. The van der Waals surface area contributed by atoms with Gasteiger partial charge in [-0.3, -0.25) is 9.69 Å². The van der Waals surface area contributed by atoms with Gasteiger partial charge in [0.1, 0.15) is 0 Å². The lowest BCUT2D eigenvalue weighted by Crippen LogP contribution is -2.40. The van der Waals surface area contributed by atoms with E-state index in [2.05, 4.69) is 17.1 Å². The van der Waals surface area contributed by atoms with Crippen LogP contribution in [0.25, 0.3) is 0 Å². The number of carboxylic acids is 1. The fourth-order valence-electron chi connectivity index (χ4n) is 1.80. The molecule has 0 aromatic carbocycles. The van der Waals surface area contributed by atoms with Crippen LogP contribution in [0.4, 0.5) is 0 Å². The molecule has 0 bridgehead atoms. The third kappa shape index (κ3) is 3.32. The molecule has 13 heavy (non-hydrogen) atoms. The Morgan fingerprint density at radius 3 is 2.92 bits per heavy atom. The average molecular weight is 186 g/mol. The van der Waals surface area contributed by atoms with Gasteiger partial charge in [-0.25, -0.2) is 0 Å². The SMILES string of the molecule is CCCN(CC(=O)O)C1CCNC1. The Balaban J connectivity index is 2.39. The van der Waals surface area contributed by atoms with Crippen LogP contribution in [0.2, 0.25) is 0 Å². The Morgan fingerprint density at radius 2 is 2.46 bits per heavy atom. The molecule has 76 valence electrons. The highest BCUT2D eigenvalue weighted by atomic mass is 16.4. The van der Waals surface area contributed by atoms with E-state index < -0.39 is 5.97 Å². The Hall–Kier alpha value is -0.610. The predicted octanol–water partition coefficient (Wildman–Crippen LogP) is 0.145. The predicted molar refractivity (Wildman–Crippen MR) is 50.8 cm³/mol.